The Hall–Kier alpha value is -3.88. The molecule has 4 aliphatic heterocycles. The first-order chi connectivity index (χ1) is 25.6. The number of aryl methyl sites for hydroxylation is 1. The van der Waals surface area contributed by atoms with Gasteiger partial charge in [0.1, 0.15) is 23.7 Å². The van der Waals surface area contributed by atoms with Gasteiger partial charge in [-0.2, -0.15) is 0 Å². The van der Waals surface area contributed by atoms with Crippen LogP contribution in [0.2, 0.25) is 0 Å². The molecule has 4 heterocycles. The van der Waals surface area contributed by atoms with Gasteiger partial charge in [0.15, 0.2) is 0 Å². The Kier molecular flexibility index (Phi) is 11.8. The van der Waals surface area contributed by atoms with Gasteiger partial charge < -0.3 is 25.0 Å². The summed E-state index contributed by atoms with van der Waals surface area (Å²) in [6, 6.07) is 3.83. The minimum Gasteiger partial charge on any atom is -0.449 e. The van der Waals surface area contributed by atoms with Crippen molar-refractivity contribution < 1.29 is 41.9 Å². The second kappa shape index (κ2) is 16.1. The third kappa shape index (κ3) is 9.14. The average molecular weight is 772 g/mol. The summed E-state index contributed by atoms with van der Waals surface area (Å²) in [4.78, 5) is 72.3. The highest BCUT2D eigenvalue weighted by atomic mass is 32.2. The van der Waals surface area contributed by atoms with Crippen LogP contribution in [0, 0.1) is 17.3 Å². The molecule has 6 rings (SSSR count). The molecular weight excluding hydrogens is 715 g/mol. The molecule has 0 unspecified atom stereocenters. The van der Waals surface area contributed by atoms with Gasteiger partial charge in [-0.3, -0.25) is 24.0 Å². The number of nitrogens with zero attached hydrogens (tertiary/aromatic N) is 2. The summed E-state index contributed by atoms with van der Waals surface area (Å²) in [5, 5.41) is 5.63. The largest absolute Gasteiger partial charge is 0.449 e. The monoisotopic (exact) mass is 771 g/mol. The second-order valence-electron chi connectivity index (χ2n) is 17.2. The van der Waals surface area contributed by atoms with E-state index in [0.717, 1.165) is 62.5 Å². The fraction of sp³-hybridized carbons (Fsp3) is 0.718. The van der Waals surface area contributed by atoms with Crippen molar-refractivity contribution in [2.45, 2.75) is 142 Å². The van der Waals surface area contributed by atoms with Crippen LogP contribution >= 0.6 is 0 Å². The Labute approximate surface area is 318 Å². The first kappa shape index (κ1) is 39.8. The normalized spacial score (nSPS) is 31.4. The van der Waals surface area contributed by atoms with E-state index in [1.54, 1.807) is 25.7 Å². The number of nitrogens with one attached hydrogen (secondary N) is 3. The fourth-order valence-electron chi connectivity index (χ4n) is 8.50. The molecule has 298 valence electrons. The Morgan fingerprint density at radius 1 is 0.963 bits per heavy atom. The molecule has 2 saturated heterocycles. The summed E-state index contributed by atoms with van der Waals surface area (Å²) in [5.74, 6) is -2.34. The SMILES string of the molecule is C[C@H]1CCCCc2cccc3c2CN(C3)C(=O)O[C@@H]2C[C@@H](C(=O)N[C@]34C[C@H]3CCCCCCCS(=O)(=O)NC4=O)N(C2)C(=O)[C@H](C(C)(C)C)NC(=O)OC1. The van der Waals surface area contributed by atoms with E-state index in [2.05, 4.69) is 21.4 Å². The smallest absolute Gasteiger partial charge is 0.410 e. The van der Waals surface area contributed by atoms with Gasteiger partial charge in [-0.25, -0.2) is 18.0 Å². The lowest BCUT2D eigenvalue weighted by Crippen LogP contribution is -2.60. The number of carbonyl (C=O) groups excluding carboxylic acids is 5. The molecule has 54 heavy (non-hydrogen) atoms. The topological polar surface area (TPSA) is 181 Å². The van der Waals surface area contributed by atoms with Gasteiger partial charge in [0.2, 0.25) is 21.8 Å². The minimum absolute atomic E-state index is 0.0468. The van der Waals surface area contributed by atoms with Crippen molar-refractivity contribution in [1.29, 1.82) is 0 Å². The van der Waals surface area contributed by atoms with E-state index in [1.165, 1.54) is 10.5 Å². The van der Waals surface area contributed by atoms with E-state index in [4.69, 9.17) is 9.47 Å². The molecule has 5 aliphatic rings. The number of amides is 5. The van der Waals surface area contributed by atoms with Crippen LogP contribution in [0.5, 0.6) is 0 Å². The Morgan fingerprint density at radius 2 is 1.69 bits per heavy atom. The van der Waals surface area contributed by atoms with Crippen LogP contribution in [0.1, 0.15) is 115 Å². The number of rotatable bonds is 2. The predicted octanol–water partition coefficient (Wildman–Crippen LogP) is 4.29. The molecule has 0 radical (unpaired) electrons. The Morgan fingerprint density at radius 3 is 2.46 bits per heavy atom. The molecule has 3 fully saturated rings. The third-order valence-corrected chi connectivity index (χ3v) is 13.1. The van der Waals surface area contributed by atoms with E-state index < -0.39 is 69.1 Å². The quantitative estimate of drug-likeness (QED) is 0.396. The molecule has 6 atom stereocenters. The lowest BCUT2D eigenvalue weighted by Gasteiger charge is -2.35. The standard InChI is InChI=1S/C39H57N5O9S/c1-25-13-9-10-14-26-15-12-16-27-21-43(23-30(26)27)37(49)53-29-19-31(44(22-29)34(46)32(38(2,3)4)40-36(48)52-24-25)33(45)41-39-20-28(39)17-8-6-5-7-11-18-54(50,51)42-35(39)47/h12,15-16,25,28-29,31-32H,5-11,13-14,17-24H2,1-4H3,(H,40,48)(H,41,45)(H,42,47)/t25-,28+,29+,31-,32+,39+/m0/s1. The zero-order valence-corrected chi connectivity index (χ0v) is 32.9. The lowest BCUT2D eigenvalue weighted by atomic mass is 9.85. The predicted molar refractivity (Wildman–Crippen MR) is 199 cm³/mol. The van der Waals surface area contributed by atoms with Crippen LogP contribution in [-0.4, -0.2) is 90.8 Å². The summed E-state index contributed by atoms with van der Waals surface area (Å²) >= 11 is 0. The second-order valence-corrected chi connectivity index (χ2v) is 19.1. The maximum absolute atomic E-state index is 14.5. The van der Waals surface area contributed by atoms with Crippen molar-refractivity contribution in [3.05, 3.63) is 34.9 Å². The van der Waals surface area contributed by atoms with E-state index in [-0.39, 0.29) is 43.6 Å². The van der Waals surface area contributed by atoms with Crippen LogP contribution < -0.4 is 15.4 Å². The summed E-state index contributed by atoms with van der Waals surface area (Å²) < 4.78 is 39.5. The molecule has 14 nitrogen and oxygen atoms in total. The number of ether oxygens (including phenoxy) is 2. The van der Waals surface area contributed by atoms with Crippen LogP contribution in [0.25, 0.3) is 0 Å². The van der Waals surface area contributed by atoms with Crippen molar-refractivity contribution in [3.63, 3.8) is 0 Å². The first-order valence-corrected chi connectivity index (χ1v) is 21.4. The number of hydrogen-bond acceptors (Lipinski definition) is 9. The van der Waals surface area contributed by atoms with E-state index in [0.29, 0.717) is 25.9 Å². The van der Waals surface area contributed by atoms with E-state index in [1.807, 2.05) is 19.1 Å². The highest BCUT2D eigenvalue weighted by Crippen LogP contribution is 2.48. The third-order valence-electron chi connectivity index (χ3n) is 11.8. The van der Waals surface area contributed by atoms with Gasteiger partial charge in [0.25, 0.3) is 5.91 Å². The molecule has 4 bridgehead atoms. The number of sulfonamides is 1. The number of hydrogen-bond donors (Lipinski definition) is 3. The lowest BCUT2D eigenvalue weighted by molar-refractivity contribution is -0.143. The van der Waals surface area contributed by atoms with Crippen LogP contribution in [0.4, 0.5) is 9.59 Å². The van der Waals surface area contributed by atoms with Crippen molar-refractivity contribution in [2.24, 2.45) is 17.3 Å². The van der Waals surface area contributed by atoms with E-state index in [9.17, 15) is 32.4 Å². The minimum atomic E-state index is -3.91. The molecule has 15 heteroatoms. The van der Waals surface area contributed by atoms with Gasteiger partial charge in [-0.15, -0.1) is 0 Å². The van der Waals surface area contributed by atoms with Crippen molar-refractivity contribution >= 4 is 39.9 Å². The van der Waals surface area contributed by atoms with Gasteiger partial charge in [0, 0.05) is 19.5 Å². The molecular formula is C39H57N5O9S. The maximum atomic E-state index is 14.5. The molecule has 1 aromatic rings. The number of fused-ring (bicyclic) bond motifs is 4. The first-order valence-electron chi connectivity index (χ1n) is 19.7. The van der Waals surface area contributed by atoms with Crippen LogP contribution in [0.15, 0.2) is 18.2 Å². The molecule has 1 aromatic carbocycles. The summed E-state index contributed by atoms with van der Waals surface area (Å²) in [7, 11) is -3.91. The molecule has 5 amide bonds. The van der Waals surface area contributed by atoms with Crippen molar-refractivity contribution in [1.82, 2.24) is 25.2 Å². The summed E-state index contributed by atoms with van der Waals surface area (Å²) in [5.41, 5.74) is 1.10. The average Bonchev–Trinajstić information content (AvgIpc) is 3.40. The molecule has 0 spiro atoms. The summed E-state index contributed by atoms with van der Waals surface area (Å²) in [6.45, 7) is 8.24. The highest BCUT2D eigenvalue weighted by molar-refractivity contribution is 7.90. The van der Waals surface area contributed by atoms with Crippen molar-refractivity contribution in [3.8, 4) is 0 Å². The molecule has 1 saturated carbocycles. The zero-order chi connectivity index (χ0) is 38.8. The van der Waals surface area contributed by atoms with Gasteiger partial charge in [0.05, 0.1) is 18.9 Å². The maximum Gasteiger partial charge on any atom is 0.410 e. The van der Waals surface area contributed by atoms with Gasteiger partial charge in [-0.05, 0) is 72.5 Å². The number of carbonyl (C=O) groups is 5. The zero-order valence-electron chi connectivity index (χ0n) is 32.1. The van der Waals surface area contributed by atoms with Gasteiger partial charge in [-0.1, -0.05) is 78.0 Å². The summed E-state index contributed by atoms with van der Waals surface area (Å²) in [6.07, 6.45) is 6.08. The van der Waals surface area contributed by atoms with E-state index >= 15 is 0 Å². The fourth-order valence-corrected chi connectivity index (χ4v) is 9.65. The molecule has 3 N–H and O–H groups in total. The van der Waals surface area contributed by atoms with Crippen LogP contribution in [-0.2, 0) is 53.4 Å². The Bertz CT molecular complexity index is 1730. The number of alkyl carbamates (subject to hydrolysis) is 1. The highest BCUT2D eigenvalue weighted by Gasteiger charge is 2.62. The Balaban J connectivity index is 1.27. The number of cyclic esters (lactones) is 1. The van der Waals surface area contributed by atoms with Crippen molar-refractivity contribution in [2.75, 3.05) is 18.9 Å². The van der Waals surface area contributed by atoms with Crippen LogP contribution in [0.3, 0.4) is 0 Å². The molecule has 1 aliphatic carbocycles. The number of benzene rings is 1. The van der Waals surface area contributed by atoms with Gasteiger partial charge >= 0.3 is 12.2 Å². The molecule has 0 aromatic heterocycles.